The van der Waals surface area contributed by atoms with Crippen molar-refractivity contribution in [1.82, 2.24) is 4.98 Å². The van der Waals surface area contributed by atoms with Crippen molar-refractivity contribution in [2.75, 3.05) is 31.2 Å². The monoisotopic (exact) mass is 344 g/mol. The first-order valence-electron chi connectivity index (χ1n) is 8.80. The number of rotatable bonds is 6. The quantitative estimate of drug-likeness (QED) is 0.866. The molecule has 0 atom stereocenters. The van der Waals surface area contributed by atoms with Gasteiger partial charge in [0.25, 0.3) is 0 Å². The lowest BCUT2D eigenvalue weighted by molar-refractivity contribution is -0.142. The number of fused-ring (bicyclic) bond motifs is 1. The first-order valence-corrected chi connectivity index (χ1v) is 8.80. The van der Waals surface area contributed by atoms with Crippen LogP contribution in [-0.2, 0) is 4.79 Å². The summed E-state index contributed by atoms with van der Waals surface area (Å²) in [5.41, 5.74) is 1.92. The molecular formula is C19H24N2O4. The number of piperidine rings is 1. The van der Waals surface area contributed by atoms with Crippen LogP contribution in [-0.4, -0.2) is 42.4 Å². The molecular weight excluding hydrogens is 320 g/mol. The lowest BCUT2D eigenvalue weighted by Crippen LogP contribution is -2.36. The summed E-state index contributed by atoms with van der Waals surface area (Å²) < 4.78 is 11.4. The molecule has 0 spiro atoms. The van der Waals surface area contributed by atoms with E-state index in [1.165, 1.54) is 0 Å². The second-order valence-corrected chi connectivity index (χ2v) is 6.11. The van der Waals surface area contributed by atoms with Gasteiger partial charge >= 0.3 is 5.97 Å². The van der Waals surface area contributed by atoms with Gasteiger partial charge in [0.05, 0.1) is 24.6 Å². The maximum atomic E-state index is 11.2. The van der Waals surface area contributed by atoms with Crippen molar-refractivity contribution >= 4 is 22.6 Å². The third kappa shape index (κ3) is 3.62. The zero-order valence-electron chi connectivity index (χ0n) is 14.7. The average Bonchev–Trinajstić information content (AvgIpc) is 2.62. The van der Waals surface area contributed by atoms with Gasteiger partial charge in [-0.3, -0.25) is 9.78 Å². The molecule has 1 N–H and O–H groups in total. The van der Waals surface area contributed by atoms with Crippen molar-refractivity contribution in [3.63, 3.8) is 0 Å². The Labute approximate surface area is 147 Å². The molecule has 6 nitrogen and oxygen atoms in total. The van der Waals surface area contributed by atoms with Crippen LogP contribution in [0.1, 0.15) is 26.7 Å². The number of carboxylic acid groups (broad SMARTS) is 1. The third-order valence-corrected chi connectivity index (χ3v) is 4.57. The number of anilines is 1. The van der Waals surface area contributed by atoms with Crippen LogP contribution in [0.5, 0.6) is 11.5 Å². The van der Waals surface area contributed by atoms with E-state index in [-0.39, 0.29) is 5.92 Å². The molecule has 3 rings (SSSR count). The molecule has 0 saturated carbocycles. The molecule has 1 fully saturated rings. The number of hydrogen-bond donors (Lipinski definition) is 1. The van der Waals surface area contributed by atoms with Gasteiger partial charge in [-0.2, -0.15) is 0 Å². The van der Waals surface area contributed by atoms with Crippen molar-refractivity contribution < 1.29 is 19.4 Å². The number of ether oxygens (including phenoxy) is 2. The normalized spacial score (nSPS) is 15.4. The molecule has 0 bridgehead atoms. The van der Waals surface area contributed by atoms with Gasteiger partial charge in [-0.05, 0) is 38.8 Å². The molecule has 1 aliphatic rings. The topological polar surface area (TPSA) is 71.9 Å². The molecule has 6 heteroatoms. The van der Waals surface area contributed by atoms with E-state index in [2.05, 4.69) is 9.88 Å². The van der Waals surface area contributed by atoms with Crippen molar-refractivity contribution in [3.8, 4) is 11.5 Å². The zero-order valence-corrected chi connectivity index (χ0v) is 14.7. The van der Waals surface area contributed by atoms with Gasteiger partial charge in [-0.25, -0.2) is 0 Å². The Balaban J connectivity index is 1.96. The van der Waals surface area contributed by atoms with E-state index in [1.807, 2.05) is 32.0 Å². The predicted molar refractivity (Wildman–Crippen MR) is 96.7 cm³/mol. The summed E-state index contributed by atoms with van der Waals surface area (Å²) in [4.78, 5) is 17.9. The molecule has 2 aromatic rings. The van der Waals surface area contributed by atoms with E-state index in [4.69, 9.17) is 9.47 Å². The van der Waals surface area contributed by atoms with Gasteiger partial charge in [0, 0.05) is 36.4 Å². The molecule has 0 unspecified atom stereocenters. The minimum Gasteiger partial charge on any atom is -0.490 e. The summed E-state index contributed by atoms with van der Waals surface area (Å²) in [7, 11) is 0. The first-order chi connectivity index (χ1) is 12.1. The number of aromatic nitrogens is 1. The minimum absolute atomic E-state index is 0.243. The number of aliphatic carboxylic acids is 1. The number of pyridine rings is 1. The SMILES string of the molecule is CCOc1cc2nccc(N3CCC(C(=O)O)CC3)c2cc1OCC. The van der Waals surface area contributed by atoms with Crippen LogP contribution < -0.4 is 14.4 Å². The highest BCUT2D eigenvalue weighted by molar-refractivity contribution is 5.94. The largest absolute Gasteiger partial charge is 0.490 e. The fourth-order valence-corrected chi connectivity index (χ4v) is 3.32. The fourth-order valence-electron chi connectivity index (χ4n) is 3.32. The Bertz CT molecular complexity index is 754. The highest BCUT2D eigenvalue weighted by atomic mass is 16.5. The molecule has 0 radical (unpaired) electrons. The Hall–Kier alpha value is -2.50. The van der Waals surface area contributed by atoms with Gasteiger partial charge in [-0.15, -0.1) is 0 Å². The maximum absolute atomic E-state index is 11.2. The van der Waals surface area contributed by atoms with E-state index < -0.39 is 5.97 Å². The van der Waals surface area contributed by atoms with Crippen LogP contribution >= 0.6 is 0 Å². The Kier molecular flexibility index (Phi) is 5.26. The molecule has 0 amide bonds. The highest BCUT2D eigenvalue weighted by Crippen LogP contribution is 2.37. The van der Waals surface area contributed by atoms with Crippen molar-refractivity contribution in [1.29, 1.82) is 0 Å². The summed E-state index contributed by atoms with van der Waals surface area (Å²) in [5.74, 6) is 0.477. The Morgan fingerprint density at radius 3 is 2.44 bits per heavy atom. The van der Waals surface area contributed by atoms with Crippen LogP contribution in [0.4, 0.5) is 5.69 Å². The van der Waals surface area contributed by atoms with Gasteiger partial charge in [0.1, 0.15) is 0 Å². The van der Waals surface area contributed by atoms with E-state index in [1.54, 1.807) is 6.20 Å². The standard InChI is InChI=1S/C19H24N2O4/c1-3-24-17-11-14-15(12-18(17)25-4-2)20-8-5-16(14)21-9-6-13(7-10-21)19(22)23/h5,8,11-13H,3-4,6-7,9-10H2,1-2H3,(H,22,23). The van der Waals surface area contributed by atoms with E-state index in [0.717, 1.165) is 29.7 Å². The van der Waals surface area contributed by atoms with Crippen molar-refractivity contribution in [2.45, 2.75) is 26.7 Å². The van der Waals surface area contributed by atoms with Gasteiger partial charge < -0.3 is 19.5 Å². The molecule has 1 aliphatic heterocycles. The van der Waals surface area contributed by atoms with E-state index in [9.17, 15) is 9.90 Å². The molecule has 1 aromatic carbocycles. The van der Waals surface area contributed by atoms with Gasteiger partial charge in [0.15, 0.2) is 11.5 Å². The molecule has 25 heavy (non-hydrogen) atoms. The lowest BCUT2D eigenvalue weighted by Gasteiger charge is -2.32. The number of hydrogen-bond acceptors (Lipinski definition) is 5. The number of benzene rings is 1. The fraction of sp³-hybridized carbons (Fsp3) is 0.474. The van der Waals surface area contributed by atoms with Crippen LogP contribution in [0.3, 0.4) is 0 Å². The van der Waals surface area contributed by atoms with Crippen LogP contribution in [0.25, 0.3) is 10.9 Å². The Morgan fingerprint density at radius 1 is 1.20 bits per heavy atom. The van der Waals surface area contributed by atoms with Crippen LogP contribution in [0.2, 0.25) is 0 Å². The van der Waals surface area contributed by atoms with E-state index in [0.29, 0.717) is 37.6 Å². The molecule has 1 aromatic heterocycles. The average molecular weight is 344 g/mol. The number of carboxylic acids is 1. The maximum Gasteiger partial charge on any atom is 0.306 e. The minimum atomic E-state index is -0.695. The number of carbonyl (C=O) groups is 1. The lowest BCUT2D eigenvalue weighted by atomic mass is 9.96. The van der Waals surface area contributed by atoms with Crippen LogP contribution in [0, 0.1) is 5.92 Å². The highest BCUT2D eigenvalue weighted by Gasteiger charge is 2.25. The first kappa shape index (κ1) is 17.3. The number of nitrogens with zero attached hydrogens (tertiary/aromatic N) is 2. The molecule has 1 saturated heterocycles. The summed E-state index contributed by atoms with van der Waals surface area (Å²) in [6, 6.07) is 5.88. The molecule has 2 heterocycles. The predicted octanol–water partition coefficient (Wildman–Crippen LogP) is 3.33. The second kappa shape index (κ2) is 7.59. The van der Waals surface area contributed by atoms with Crippen LogP contribution in [0.15, 0.2) is 24.4 Å². The van der Waals surface area contributed by atoms with Gasteiger partial charge in [0.2, 0.25) is 0 Å². The van der Waals surface area contributed by atoms with Gasteiger partial charge in [-0.1, -0.05) is 0 Å². The molecule has 0 aliphatic carbocycles. The zero-order chi connectivity index (χ0) is 17.8. The summed E-state index contributed by atoms with van der Waals surface area (Å²) in [6.07, 6.45) is 3.11. The summed E-state index contributed by atoms with van der Waals surface area (Å²) in [6.45, 7) is 6.47. The summed E-state index contributed by atoms with van der Waals surface area (Å²) in [5, 5.41) is 10.2. The van der Waals surface area contributed by atoms with Crippen molar-refractivity contribution in [3.05, 3.63) is 24.4 Å². The third-order valence-electron chi connectivity index (χ3n) is 4.57. The second-order valence-electron chi connectivity index (χ2n) is 6.11. The smallest absolute Gasteiger partial charge is 0.306 e. The van der Waals surface area contributed by atoms with Crippen molar-refractivity contribution in [2.24, 2.45) is 5.92 Å². The summed E-state index contributed by atoms with van der Waals surface area (Å²) >= 11 is 0. The molecule has 134 valence electrons. The Morgan fingerprint density at radius 2 is 1.84 bits per heavy atom. The van der Waals surface area contributed by atoms with E-state index >= 15 is 0 Å².